The third kappa shape index (κ3) is 3.87. The fourth-order valence-electron chi connectivity index (χ4n) is 2.52. The van der Waals surface area contributed by atoms with E-state index >= 15 is 0 Å². The number of nitrogens with zero attached hydrogens (tertiary/aromatic N) is 2. The van der Waals surface area contributed by atoms with Crippen molar-refractivity contribution in [3.63, 3.8) is 0 Å². The fourth-order valence-corrected chi connectivity index (χ4v) is 4.10. The number of carbonyl (C=O) groups is 1. The Morgan fingerprint density at radius 2 is 2.30 bits per heavy atom. The van der Waals surface area contributed by atoms with E-state index in [-0.39, 0.29) is 5.91 Å². The molecule has 4 nitrogen and oxygen atoms in total. The van der Waals surface area contributed by atoms with Crippen LogP contribution in [0.4, 0.5) is 0 Å². The van der Waals surface area contributed by atoms with Crippen LogP contribution in [-0.2, 0) is 6.54 Å². The van der Waals surface area contributed by atoms with E-state index < -0.39 is 0 Å². The van der Waals surface area contributed by atoms with Crippen molar-refractivity contribution in [2.75, 3.05) is 7.11 Å². The van der Waals surface area contributed by atoms with Crippen LogP contribution >= 0.6 is 38.9 Å². The molecule has 1 fully saturated rings. The van der Waals surface area contributed by atoms with Gasteiger partial charge in [0.1, 0.15) is 5.75 Å². The Morgan fingerprint density at radius 1 is 1.52 bits per heavy atom. The molecule has 1 aliphatic rings. The SMILES string of the molecule is COc1ccc(Cl)cc1C(=O)N=c1sc(Br)cn1CC1CCC1. The Hall–Kier alpha value is -1.11. The van der Waals surface area contributed by atoms with E-state index in [0.29, 0.717) is 27.1 Å². The van der Waals surface area contributed by atoms with Crippen molar-refractivity contribution in [1.29, 1.82) is 0 Å². The number of aromatic nitrogens is 1. The van der Waals surface area contributed by atoms with E-state index in [4.69, 9.17) is 16.3 Å². The van der Waals surface area contributed by atoms with E-state index in [1.165, 1.54) is 37.7 Å². The molecule has 0 atom stereocenters. The molecule has 23 heavy (non-hydrogen) atoms. The van der Waals surface area contributed by atoms with Crippen molar-refractivity contribution in [3.05, 3.63) is 43.6 Å². The molecule has 1 saturated carbocycles. The lowest BCUT2D eigenvalue weighted by Gasteiger charge is -2.25. The first-order valence-electron chi connectivity index (χ1n) is 7.35. The van der Waals surface area contributed by atoms with Gasteiger partial charge in [0.05, 0.1) is 16.5 Å². The van der Waals surface area contributed by atoms with Crippen molar-refractivity contribution in [2.45, 2.75) is 25.8 Å². The van der Waals surface area contributed by atoms with Gasteiger partial charge in [0.25, 0.3) is 5.91 Å². The number of methoxy groups -OCH3 is 1. The summed E-state index contributed by atoms with van der Waals surface area (Å²) in [5.74, 6) is 0.816. The molecule has 7 heteroatoms. The van der Waals surface area contributed by atoms with E-state index in [0.717, 1.165) is 10.3 Å². The molecular formula is C16H16BrClN2O2S. The maximum atomic E-state index is 12.5. The quantitative estimate of drug-likeness (QED) is 0.737. The fraction of sp³-hybridized carbons (Fsp3) is 0.375. The molecular weight excluding hydrogens is 400 g/mol. The van der Waals surface area contributed by atoms with Crippen molar-refractivity contribution >= 4 is 44.8 Å². The van der Waals surface area contributed by atoms with E-state index in [2.05, 4.69) is 20.9 Å². The Morgan fingerprint density at radius 3 is 2.96 bits per heavy atom. The number of ether oxygens (including phenoxy) is 1. The maximum absolute atomic E-state index is 12.5. The summed E-state index contributed by atoms with van der Waals surface area (Å²) < 4.78 is 8.24. The first-order chi connectivity index (χ1) is 11.1. The average molecular weight is 416 g/mol. The molecule has 1 aliphatic carbocycles. The highest BCUT2D eigenvalue weighted by molar-refractivity contribution is 9.11. The highest BCUT2D eigenvalue weighted by atomic mass is 79.9. The summed E-state index contributed by atoms with van der Waals surface area (Å²) in [6, 6.07) is 4.96. The summed E-state index contributed by atoms with van der Waals surface area (Å²) in [5, 5.41) is 0.485. The summed E-state index contributed by atoms with van der Waals surface area (Å²) in [4.78, 5) is 17.5. The third-order valence-electron chi connectivity index (χ3n) is 3.96. The van der Waals surface area contributed by atoms with Gasteiger partial charge in [0.15, 0.2) is 4.80 Å². The molecule has 1 heterocycles. The molecule has 0 saturated heterocycles. The van der Waals surface area contributed by atoms with Gasteiger partial charge >= 0.3 is 0 Å². The van der Waals surface area contributed by atoms with Gasteiger partial charge in [-0.05, 0) is 52.9 Å². The number of thiazole rings is 1. The van der Waals surface area contributed by atoms with Crippen molar-refractivity contribution < 1.29 is 9.53 Å². The molecule has 0 unspecified atom stereocenters. The molecule has 0 radical (unpaired) electrons. The van der Waals surface area contributed by atoms with Crippen LogP contribution in [0.3, 0.4) is 0 Å². The second-order valence-corrected chi connectivity index (χ2v) is 8.35. The molecule has 1 aromatic carbocycles. The second-order valence-electron chi connectivity index (χ2n) is 5.53. The Bertz CT molecular complexity index is 796. The van der Waals surface area contributed by atoms with Crippen LogP contribution in [0, 0.1) is 5.92 Å². The van der Waals surface area contributed by atoms with Crippen LogP contribution in [0.15, 0.2) is 33.2 Å². The number of amides is 1. The van der Waals surface area contributed by atoms with Crippen LogP contribution < -0.4 is 9.54 Å². The van der Waals surface area contributed by atoms with Crippen molar-refractivity contribution in [1.82, 2.24) is 4.57 Å². The number of halogens is 2. The number of carbonyl (C=O) groups excluding carboxylic acids is 1. The highest BCUT2D eigenvalue weighted by Crippen LogP contribution is 2.28. The average Bonchev–Trinajstić information content (AvgIpc) is 2.82. The van der Waals surface area contributed by atoms with Gasteiger partial charge in [0, 0.05) is 17.8 Å². The molecule has 0 N–H and O–H groups in total. The zero-order valence-corrected chi connectivity index (χ0v) is 15.7. The lowest BCUT2D eigenvalue weighted by atomic mass is 9.85. The van der Waals surface area contributed by atoms with Crippen LogP contribution in [0.1, 0.15) is 29.6 Å². The van der Waals surface area contributed by atoms with Gasteiger partial charge in [-0.15, -0.1) is 0 Å². The number of hydrogen-bond donors (Lipinski definition) is 0. The van der Waals surface area contributed by atoms with Gasteiger partial charge in [-0.2, -0.15) is 4.99 Å². The minimum absolute atomic E-state index is 0.346. The van der Waals surface area contributed by atoms with E-state index in [1.807, 2.05) is 10.8 Å². The summed E-state index contributed by atoms with van der Waals surface area (Å²) in [6.45, 7) is 0.904. The van der Waals surface area contributed by atoms with Gasteiger partial charge in [0.2, 0.25) is 0 Å². The summed E-state index contributed by atoms with van der Waals surface area (Å²) in [5.41, 5.74) is 0.375. The summed E-state index contributed by atoms with van der Waals surface area (Å²) in [7, 11) is 1.53. The Kier molecular flexibility index (Phi) is 5.24. The van der Waals surface area contributed by atoms with Gasteiger partial charge in [-0.25, -0.2) is 0 Å². The largest absolute Gasteiger partial charge is 0.496 e. The Labute approximate surface area is 151 Å². The topological polar surface area (TPSA) is 43.6 Å². The number of rotatable bonds is 4. The van der Waals surface area contributed by atoms with Crippen LogP contribution in [-0.4, -0.2) is 17.6 Å². The van der Waals surface area contributed by atoms with Crippen LogP contribution in [0.25, 0.3) is 0 Å². The first kappa shape index (κ1) is 16.7. The van der Waals surface area contributed by atoms with Crippen LogP contribution in [0.5, 0.6) is 5.75 Å². The zero-order chi connectivity index (χ0) is 16.4. The van der Waals surface area contributed by atoms with Gasteiger partial charge < -0.3 is 9.30 Å². The predicted octanol–water partition coefficient (Wildman–Crippen LogP) is 4.52. The molecule has 3 rings (SSSR count). The summed E-state index contributed by atoms with van der Waals surface area (Å²) >= 11 is 10.9. The molecule has 1 amide bonds. The lowest BCUT2D eigenvalue weighted by molar-refractivity contribution is 0.0994. The van der Waals surface area contributed by atoms with Crippen molar-refractivity contribution in [3.8, 4) is 5.75 Å². The molecule has 0 aliphatic heterocycles. The minimum Gasteiger partial charge on any atom is -0.496 e. The zero-order valence-electron chi connectivity index (χ0n) is 12.6. The lowest BCUT2D eigenvalue weighted by Crippen LogP contribution is -2.24. The monoisotopic (exact) mass is 414 g/mol. The van der Waals surface area contributed by atoms with Crippen LogP contribution in [0.2, 0.25) is 5.02 Å². The number of benzene rings is 1. The second kappa shape index (κ2) is 7.20. The smallest absolute Gasteiger partial charge is 0.283 e. The first-order valence-corrected chi connectivity index (χ1v) is 9.34. The molecule has 2 aromatic rings. The van der Waals surface area contributed by atoms with E-state index in [9.17, 15) is 4.79 Å². The van der Waals surface area contributed by atoms with Gasteiger partial charge in [-0.1, -0.05) is 29.4 Å². The number of hydrogen-bond acceptors (Lipinski definition) is 3. The van der Waals surface area contributed by atoms with E-state index in [1.54, 1.807) is 18.2 Å². The summed E-state index contributed by atoms with van der Waals surface area (Å²) in [6.07, 6.45) is 5.78. The maximum Gasteiger partial charge on any atom is 0.283 e. The molecule has 0 spiro atoms. The minimum atomic E-state index is -0.346. The van der Waals surface area contributed by atoms with Crippen molar-refractivity contribution in [2.24, 2.45) is 10.9 Å². The normalized spacial score (nSPS) is 15.5. The predicted molar refractivity (Wildman–Crippen MR) is 95.2 cm³/mol. The molecule has 122 valence electrons. The standard InChI is InChI=1S/C16H16BrClN2O2S/c1-22-13-6-5-11(18)7-12(13)15(21)19-16-20(9-14(17)23-16)8-10-3-2-4-10/h5-7,9-10H,2-4,8H2,1H3. The van der Waals surface area contributed by atoms with Gasteiger partial charge in [-0.3, -0.25) is 4.79 Å². The third-order valence-corrected chi connectivity index (χ3v) is 5.69. The molecule has 1 aromatic heterocycles. The molecule has 0 bridgehead atoms. The Balaban J connectivity index is 1.94. The highest BCUT2D eigenvalue weighted by Gasteiger charge is 2.19.